The van der Waals surface area contributed by atoms with Gasteiger partial charge in [0.2, 0.25) is 0 Å². The van der Waals surface area contributed by atoms with Gasteiger partial charge < -0.3 is 0 Å². The van der Waals surface area contributed by atoms with Gasteiger partial charge in [-0.1, -0.05) is 115 Å². The molecule has 2 aromatic heterocycles. The largest absolute Gasteiger partial charge is 0.261 e. The summed E-state index contributed by atoms with van der Waals surface area (Å²) < 4.78 is 0. The molecule has 3 heteroatoms. The quantitative estimate of drug-likeness (QED) is 0.187. The van der Waals surface area contributed by atoms with Gasteiger partial charge in [0.1, 0.15) is 0 Å². The average molecular weight is 590 g/mol. The van der Waals surface area contributed by atoms with E-state index >= 15 is 0 Å². The van der Waals surface area contributed by atoms with Crippen LogP contribution in [0.2, 0.25) is 0 Å². The van der Waals surface area contributed by atoms with Crippen LogP contribution < -0.4 is 0 Å². The Labute approximate surface area is 268 Å². The Bertz CT molecular complexity index is 2320. The summed E-state index contributed by atoms with van der Waals surface area (Å²) in [6.07, 6.45) is 1.85. The van der Waals surface area contributed by atoms with Crippen molar-refractivity contribution in [2.45, 2.75) is 13.8 Å². The first-order valence-electron chi connectivity index (χ1n) is 15.6. The molecule has 0 bridgehead atoms. The second-order valence-electron chi connectivity index (χ2n) is 11.8. The number of aryl methyl sites for hydroxylation is 2. The zero-order valence-corrected chi connectivity index (χ0v) is 25.8. The van der Waals surface area contributed by atoms with Gasteiger partial charge in [0.25, 0.3) is 0 Å². The summed E-state index contributed by atoms with van der Waals surface area (Å²) in [5.41, 5.74) is 11.6. The van der Waals surface area contributed by atoms with Gasteiger partial charge in [0.05, 0.1) is 11.4 Å². The topological polar surface area (TPSA) is 38.7 Å². The summed E-state index contributed by atoms with van der Waals surface area (Å²) in [7, 11) is 0. The minimum atomic E-state index is 0.686. The SMILES string of the molecule is Cc1ccc2cc3ccccc3c(-c3cc(-c4nc(-c5ccccc5)cc(-c5ccccc5)n4)cc(-c4cccnc4C)c3)c2c1. The highest BCUT2D eigenvalue weighted by molar-refractivity contribution is 6.13. The van der Waals surface area contributed by atoms with Gasteiger partial charge in [0, 0.05) is 34.1 Å². The molecule has 0 amide bonds. The standard InChI is InChI=1S/C43H31N3/c1-28-19-20-33-23-32-16-9-10-17-38(32)42(39(33)22-28)35-24-34(37-18-11-21-44-29(37)2)25-36(26-35)43-45-40(30-12-5-3-6-13-30)27-41(46-43)31-14-7-4-8-15-31/h3-27H,1-2H3. The Kier molecular flexibility index (Phi) is 6.92. The third kappa shape index (κ3) is 5.12. The van der Waals surface area contributed by atoms with E-state index in [1.54, 1.807) is 0 Å². The summed E-state index contributed by atoms with van der Waals surface area (Å²) in [6.45, 7) is 4.23. The molecule has 0 fully saturated rings. The Balaban J connectivity index is 1.45. The van der Waals surface area contributed by atoms with Crippen LogP contribution >= 0.6 is 0 Å². The van der Waals surface area contributed by atoms with Crippen LogP contribution in [0.15, 0.2) is 152 Å². The first-order valence-corrected chi connectivity index (χ1v) is 15.6. The third-order valence-electron chi connectivity index (χ3n) is 8.68. The second kappa shape index (κ2) is 11.5. The maximum atomic E-state index is 5.20. The molecule has 218 valence electrons. The van der Waals surface area contributed by atoms with Crippen LogP contribution in [0.5, 0.6) is 0 Å². The lowest BCUT2D eigenvalue weighted by Crippen LogP contribution is -1.97. The smallest absolute Gasteiger partial charge is 0.160 e. The molecule has 0 radical (unpaired) electrons. The van der Waals surface area contributed by atoms with Crippen molar-refractivity contribution in [3.05, 3.63) is 163 Å². The molecule has 0 spiro atoms. The average Bonchev–Trinajstić information content (AvgIpc) is 3.11. The molecular formula is C43H31N3. The highest BCUT2D eigenvalue weighted by Gasteiger charge is 2.17. The number of fused-ring (bicyclic) bond motifs is 2. The first-order chi connectivity index (χ1) is 22.6. The van der Waals surface area contributed by atoms with E-state index in [1.165, 1.54) is 32.7 Å². The van der Waals surface area contributed by atoms with E-state index < -0.39 is 0 Å². The van der Waals surface area contributed by atoms with Crippen molar-refractivity contribution < 1.29 is 0 Å². The van der Waals surface area contributed by atoms with Crippen LogP contribution in [0.1, 0.15) is 11.3 Å². The molecule has 8 aromatic rings. The predicted octanol–water partition coefficient (Wildman–Crippen LogP) is 11.1. The molecule has 0 aliphatic heterocycles. The van der Waals surface area contributed by atoms with Crippen molar-refractivity contribution in [2.24, 2.45) is 0 Å². The molecule has 6 aromatic carbocycles. The number of nitrogens with zero attached hydrogens (tertiary/aromatic N) is 3. The Morgan fingerprint density at radius 3 is 1.78 bits per heavy atom. The molecule has 46 heavy (non-hydrogen) atoms. The first kappa shape index (κ1) is 27.6. The Morgan fingerprint density at radius 2 is 1.07 bits per heavy atom. The van der Waals surface area contributed by atoms with Crippen molar-refractivity contribution in [3.63, 3.8) is 0 Å². The molecule has 0 saturated heterocycles. The molecule has 2 heterocycles. The maximum absolute atomic E-state index is 5.20. The number of benzene rings is 6. The second-order valence-corrected chi connectivity index (χ2v) is 11.8. The van der Waals surface area contributed by atoms with E-state index in [4.69, 9.17) is 9.97 Å². The molecule has 8 rings (SSSR count). The van der Waals surface area contributed by atoms with Crippen LogP contribution in [0.4, 0.5) is 0 Å². The molecule has 0 unspecified atom stereocenters. The zero-order valence-electron chi connectivity index (χ0n) is 25.8. The van der Waals surface area contributed by atoms with Crippen molar-refractivity contribution in [3.8, 4) is 56.2 Å². The van der Waals surface area contributed by atoms with Crippen molar-refractivity contribution in [1.29, 1.82) is 0 Å². The lowest BCUT2D eigenvalue weighted by Gasteiger charge is -2.17. The summed E-state index contributed by atoms with van der Waals surface area (Å²) in [5, 5.41) is 4.88. The molecule has 0 aliphatic rings. The lowest BCUT2D eigenvalue weighted by molar-refractivity contribution is 1.18. The number of hydrogen-bond donors (Lipinski definition) is 0. The predicted molar refractivity (Wildman–Crippen MR) is 191 cm³/mol. The third-order valence-corrected chi connectivity index (χ3v) is 8.68. The van der Waals surface area contributed by atoms with Crippen LogP contribution in [0.3, 0.4) is 0 Å². The Hall–Kier alpha value is -5.93. The molecule has 0 aliphatic carbocycles. The van der Waals surface area contributed by atoms with Crippen molar-refractivity contribution >= 4 is 21.5 Å². The van der Waals surface area contributed by atoms with Gasteiger partial charge >= 0.3 is 0 Å². The fraction of sp³-hybridized carbons (Fsp3) is 0.0465. The van der Waals surface area contributed by atoms with E-state index in [1.807, 2.05) is 24.4 Å². The van der Waals surface area contributed by atoms with Crippen LogP contribution in [0.25, 0.3) is 77.7 Å². The van der Waals surface area contributed by atoms with Gasteiger partial charge in [-0.3, -0.25) is 4.98 Å². The number of rotatable bonds is 5. The van der Waals surface area contributed by atoms with Crippen LogP contribution in [-0.2, 0) is 0 Å². The lowest BCUT2D eigenvalue weighted by atomic mass is 9.88. The highest BCUT2D eigenvalue weighted by Crippen LogP contribution is 2.41. The van der Waals surface area contributed by atoms with Crippen molar-refractivity contribution in [2.75, 3.05) is 0 Å². The highest BCUT2D eigenvalue weighted by atomic mass is 14.9. The van der Waals surface area contributed by atoms with E-state index in [9.17, 15) is 0 Å². The van der Waals surface area contributed by atoms with E-state index in [2.05, 4.69) is 146 Å². The van der Waals surface area contributed by atoms with E-state index in [0.717, 1.165) is 50.5 Å². The molecule has 0 N–H and O–H groups in total. The molecule has 0 atom stereocenters. The van der Waals surface area contributed by atoms with Gasteiger partial charge in [-0.05, 0) is 88.5 Å². The van der Waals surface area contributed by atoms with Gasteiger partial charge in [-0.2, -0.15) is 0 Å². The fourth-order valence-corrected chi connectivity index (χ4v) is 6.42. The Morgan fingerprint density at radius 1 is 0.435 bits per heavy atom. The van der Waals surface area contributed by atoms with Crippen LogP contribution in [-0.4, -0.2) is 15.0 Å². The van der Waals surface area contributed by atoms with Gasteiger partial charge in [-0.15, -0.1) is 0 Å². The summed E-state index contributed by atoms with van der Waals surface area (Å²) in [5.74, 6) is 0.686. The summed E-state index contributed by atoms with van der Waals surface area (Å²) in [4.78, 5) is 15.1. The van der Waals surface area contributed by atoms with E-state index in [-0.39, 0.29) is 0 Å². The normalized spacial score (nSPS) is 11.3. The zero-order chi connectivity index (χ0) is 31.0. The number of hydrogen-bond acceptors (Lipinski definition) is 3. The van der Waals surface area contributed by atoms with Crippen LogP contribution in [0, 0.1) is 13.8 Å². The molecular weight excluding hydrogens is 558 g/mol. The van der Waals surface area contributed by atoms with Crippen molar-refractivity contribution in [1.82, 2.24) is 15.0 Å². The minimum Gasteiger partial charge on any atom is -0.261 e. The van der Waals surface area contributed by atoms with E-state index in [0.29, 0.717) is 5.82 Å². The fourth-order valence-electron chi connectivity index (χ4n) is 6.42. The molecule has 0 saturated carbocycles. The van der Waals surface area contributed by atoms with Gasteiger partial charge in [0.15, 0.2) is 5.82 Å². The molecule has 3 nitrogen and oxygen atoms in total. The summed E-state index contributed by atoms with van der Waals surface area (Å²) in [6, 6.07) is 51.4. The maximum Gasteiger partial charge on any atom is 0.160 e. The minimum absolute atomic E-state index is 0.686. The number of pyridine rings is 1. The summed E-state index contributed by atoms with van der Waals surface area (Å²) >= 11 is 0. The monoisotopic (exact) mass is 589 g/mol. The number of aromatic nitrogens is 3. The van der Waals surface area contributed by atoms with Gasteiger partial charge in [-0.25, -0.2) is 9.97 Å².